The second kappa shape index (κ2) is 5.68. The zero-order valence-electron chi connectivity index (χ0n) is 11.3. The molecule has 0 bridgehead atoms. The Balaban J connectivity index is 2.01. The number of nitrogens with zero attached hydrogens (tertiary/aromatic N) is 3. The summed E-state index contributed by atoms with van der Waals surface area (Å²) in [6.07, 6.45) is 1.99. The van der Waals surface area contributed by atoms with Crippen LogP contribution in [-0.4, -0.2) is 21.2 Å². The van der Waals surface area contributed by atoms with E-state index < -0.39 is 4.92 Å². The zero-order chi connectivity index (χ0) is 14.7. The van der Waals surface area contributed by atoms with Gasteiger partial charge in [-0.25, -0.2) is 4.39 Å². The Hall–Kier alpha value is -2.44. The van der Waals surface area contributed by atoms with Crippen LogP contribution in [0.2, 0.25) is 0 Å². The summed E-state index contributed by atoms with van der Waals surface area (Å²) in [5, 5.41) is 17.8. The second-order valence-corrected chi connectivity index (χ2v) is 4.54. The van der Waals surface area contributed by atoms with E-state index in [0.29, 0.717) is 13.0 Å². The minimum absolute atomic E-state index is 0.0525. The number of nitro groups is 1. The van der Waals surface area contributed by atoms with Gasteiger partial charge in [0.2, 0.25) is 5.82 Å². The summed E-state index contributed by atoms with van der Waals surface area (Å²) in [4.78, 5) is 10.4. The van der Waals surface area contributed by atoms with Crippen molar-refractivity contribution in [2.45, 2.75) is 13.3 Å². The molecule has 2 aromatic rings. The zero-order valence-corrected chi connectivity index (χ0v) is 11.3. The van der Waals surface area contributed by atoms with Gasteiger partial charge >= 0.3 is 5.69 Å². The maximum absolute atomic E-state index is 13.0. The van der Waals surface area contributed by atoms with Gasteiger partial charge in [-0.15, -0.1) is 5.10 Å². The summed E-state index contributed by atoms with van der Waals surface area (Å²) < 4.78 is 14.4. The fourth-order valence-electron chi connectivity index (χ4n) is 1.99. The predicted molar refractivity (Wildman–Crippen MR) is 73.2 cm³/mol. The minimum Gasteiger partial charge on any atom is -0.363 e. The molecule has 0 amide bonds. The molecule has 1 heterocycles. The number of anilines is 1. The molecule has 0 aliphatic rings. The first-order chi connectivity index (χ1) is 9.47. The number of hydrogen-bond donors (Lipinski definition) is 1. The van der Waals surface area contributed by atoms with Crippen LogP contribution in [0.5, 0.6) is 0 Å². The molecule has 0 saturated heterocycles. The third-order valence-electron chi connectivity index (χ3n) is 3.00. The molecule has 6 nitrogen and oxygen atoms in total. The number of hydrogen-bond acceptors (Lipinski definition) is 4. The van der Waals surface area contributed by atoms with Crippen molar-refractivity contribution in [2.24, 2.45) is 7.05 Å². The maximum Gasteiger partial charge on any atom is 0.330 e. The predicted octanol–water partition coefficient (Wildman–Crippen LogP) is 2.43. The maximum atomic E-state index is 13.0. The first kappa shape index (κ1) is 14.0. The highest BCUT2D eigenvalue weighted by Crippen LogP contribution is 2.21. The SMILES string of the molecule is Cc1cc(F)ccc1CCNc1nn(C)cc1[N+](=O)[O-]. The van der Waals surface area contributed by atoms with Gasteiger partial charge in [-0.2, -0.15) is 0 Å². The lowest BCUT2D eigenvalue weighted by Gasteiger charge is -2.06. The van der Waals surface area contributed by atoms with E-state index in [-0.39, 0.29) is 17.3 Å². The average molecular weight is 278 g/mol. The van der Waals surface area contributed by atoms with E-state index in [4.69, 9.17) is 0 Å². The fourth-order valence-corrected chi connectivity index (χ4v) is 1.99. The van der Waals surface area contributed by atoms with Crippen molar-refractivity contribution in [2.75, 3.05) is 11.9 Å². The summed E-state index contributed by atoms with van der Waals surface area (Å²) in [6, 6.07) is 4.60. The van der Waals surface area contributed by atoms with Crippen LogP contribution in [0.25, 0.3) is 0 Å². The van der Waals surface area contributed by atoms with E-state index in [0.717, 1.165) is 11.1 Å². The average Bonchev–Trinajstić information content (AvgIpc) is 2.73. The summed E-state index contributed by atoms with van der Waals surface area (Å²) in [7, 11) is 1.63. The topological polar surface area (TPSA) is 73.0 Å². The van der Waals surface area contributed by atoms with Crippen LogP contribution in [0.1, 0.15) is 11.1 Å². The summed E-state index contributed by atoms with van der Waals surface area (Å²) in [6.45, 7) is 2.33. The van der Waals surface area contributed by atoms with Crippen molar-refractivity contribution in [1.82, 2.24) is 9.78 Å². The largest absolute Gasteiger partial charge is 0.363 e. The van der Waals surface area contributed by atoms with E-state index in [1.54, 1.807) is 13.1 Å². The number of aryl methyl sites for hydroxylation is 2. The molecule has 1 N–H and O–H groups in total. The molecular weight excluding hydrogens is 263 g/mol. The molecular formula is C13H15FN4O2. The molecule has 0 spiro atoms. The van der Waals surface area contributed by atoms with Gasteiger partial charge in [0.05, 0.1) is 4.92 Å². The van der Waals surface area contributed by atoms with Crippen molar-refractivity contribution in [3.63, 3.8) is 0 Å². The Labute approximate surface area is 115 Å². The smallest absolute Gasteiger partial charge is 0.330 e. The number of benzene rings is 1. The van der Waals surface area contributed by atoms with E-state index >= 15 is 0 Å². The molecule has 1 aromatic carbocycles. The van der Waals surface area contributed by atoms with Gasteiger partial charge in [0, 0.05) is 13.6 Å². The third-order valence-corrected chi connectivity index (χ3v) is 3.00. The number of aromatic nitrogens is 2. The fraction of sp³-hybridized carbons (Fsp3) is 0.308. The highest BCUT2D eigenvalue weighted by Gasteiger charge is 2.17. The summed E-state index contributed by atoms with van der Waals surface area (Å²) in [5.41, 5.74) is 1.81. The van der Waals surface area contributed by atoms with E-state index in [1.807, 2.05) is 6.92 Å². The van der Waals surface area contributed by atoms with Crippen molar-refractivity contribution in [3.8, 4) is 0 Å². The van der Waals surface area contributed by atoms with Gasteiger partial charge in [-0.3, -0.25) is 14.8 Å². The van der Waals surface area contributed by atoms with Crippen LogP contribution in [0.15, 0.2) is 24.4 Å². The number of rotatable bonds is 5. The van der Waals surface area contributed by atoms with Crippen molar-refractivity contribution >= 4 is 11.5 Å². The molecule has 0 unspecified atom stereocenters. The molecule has 20 heavy (non-hydrogen) atoms. The van der Waals surface area contributed by atoms with E-state index in [1.165, 1.54) is 23.0 Å². The molecule has 0 aliphatic heterocycles. The quantitative estimate of drug-likeness (QED) is 0.673. The minimum atomic E-state index is -0.474. The number of halogens is 1. The highest BCUT2D eigenvalue weighted by molar-refractivity contribution is 5.54. The normalized spacial score (nSPS) is 10.6. The Bertz CT molecular complexity index is 639. The molecule has 2 rings (SSSR count). The van der Waals surface area contributed by atoms with Crippen molar-refractivity contribution < 1.29 is 9.31 Å². The third kappa shape index (κ3) is 3.11. The van der Waals surface area contributed by atoms with Gasteiger partial charge < -0.3 is 5.32 Å². The lowest BCUT2D eigenvalue weighted by atomic mass is 10.1. The molecule has 0 radical (unpaired) electrons. The van der Waals surface area contributed by atoms with Gasteiger partial charge in [0.25, 0.3) is 0 Å². The lowest BCUT2D eigenvalue weighted by Crippen LogP contribution is -2.08. The van der Waals surface area contributed by atoms with Gasteiger partial charge in [0.1, 0.15) is 12.0 Å². The molecule has 1 aromatic heterocycles. The Morgan fingerprint density at radius 3 is 2.90 bits per heavy atom. The van der Waals surface area contributed by atoms with Crippen LogP contribution in [-0.2, 0) is 13.5 Å². The molecule has 0 fully saturated rings. The van der Waals surface area contributed by atoms with E-state index in [2.05, 4.69) is 10.4 Å². The van der Waals surface area contributed by atoms with Crippen LogP contribution in [0.3, 0.4) is 0 Å². The van der Waals surface area contributed by atoms with Crippen LogP contribution in [0, 0.1) is 22.9 Å². The van der Waals surface area contributed by atoms with E-state index in [9.17, 15) is 14.5 Å². The summed E-state index contributed by atoms with van der Waals surface area (Å²) in [5.74, 6) is -0.0168. The van der Waals surface area contributed by atoms with Gasteiger partial charge in [-0.05, 0) is 36.6 Å². The first-order valence-corrected chi connectivity index (χ1v) is 6.14. The molecule has 0 atom stereocenters. The molecule has 0 aliphatic carbocycles. The van der Waals surface area contributed by atoms with Crippen LogP contribution in [0.4, 0.5) is 15.9 Å². The van der Waals surface area contributed by atoms with Gasteiger partial charge in [0.15, 0.2) is 0 Å². The molecule has 7 heteroatoms. The second-order valence-electron chi connectivity index (χ2n) is 4.54. The Kier molecular flexibility index (Phi) is 3.97. The number of nitrogens with one attached hydrogen (secondary N) is 1. The highest BCUT2D eigenvalue weighted by atomic mass is 19.1. The van der Waals surface area contributed by atoms with Crippen molar-refractivity contribution in [3.05, 3.63) is 51.5 Å². The molecule has 0 saturated carbocycles. The standard InChI is InChI=1S/C13H15FN4O2/c1-9-7-11(14)4-3-10(9)5-6-15-13-12(18(19)20)8-17(2)16-13/h3-4,7-8H,5-6H2,1-2H3,(H,15,16). The Morgan fingerprint density at radius 2 is 2.25 bits per heavy atom. The van der Waals surface area contributed by atoms with Gasteiger partial charge in [-0.1, -0.05) is 6.07 Å². The van der Waals surface area contributed by atoms with Crippen LogP contribution >= 0.6 is 0 Å². The lowest BCUT2D eigenvalue weighted by molar-refractivity contribution is -0.384. The molecule has 106 valence electrons. The Morgan fingerprint density at radius 1 is 1.50 bits per heavy atom. The monoisotopic (exact) mass is 278 g/mol. The first-order valence-electron chi connectivity index (χ1n) is 6.14. The summed E-state index contributed by atoms with van der Waals surface area (Å²) >= 11 is 0. The van der Waals surface area contributed by atoms with Crippen molar-refractivity contribution in [1.29, 1.82) is 0 Å². The van der Waals surface area contributed by atoms with Crippen LogP contribution < -0.4 is 5.32 Å².